The van der Waals surface area contributed by atoms with Gasteiger partial charge in [0, 0.05) is 5.02 Å². The Balaban J connectivity index is 2.25. The van der Waals surface area contributed by atoms with Gasteiger partial charge in [0.1, 0.15) is 0 Å². The molecule has 1 heterocycles. The first-order valence-corrected chi connectivity index (χ1v) is 8.86. The Bertz CT molecular complexity index is 788. The first-order valence-electron chi connectivity index (χ1n) is 5.80. The van der Waals surface area contributed by atoms with Crippen molar-refractivity contribution in [2.75, 3.05) is 0 Å². The van der Waals surface area contributed by atoms with Crippen LogP contribution in [0.3, 0.4) is 0 Å². The highest BCUT2D eigenvalue weighted by Crippen LogP contribution is 2.23. The van der Waals surface area contributed by atoms with E-state index in [0.29, 0.717) is 16.5 Å². The summed E-state index contributed by atoms with van der Waals surface area (Å²) in [7, 11) is -3.96. The Labute approximate surface area is 136 Å². The molecule has 0 spiro atoms. The van der Waals surface area contributed by atoms with E-state index >= 15 is 0 Å². The van der Waals surface area contributed by atoms with E-state index in [2.05, 4.69) is 4.98 Å². The van der Waals surface area contributed by atoms with Crippen molar-refractivity contribution >= 4 is 50.5 Å². The number of aryl methyl sites for hydroxylation is 1. The fourth-order valence-corrected chi connectivity index (χ4v) is 4.06. The fraction of sp³-hybridized carbons (Fsp3) is 0.167. The number of hydrogen-bond acceptors (Lipinski definition) is 5. The highest BCUT2D eigenvalue weighted by molar-refractivity contribution is 7.92. The largest absolute Gasteiger partial charge is 0.275 e. The number of halogens is 2. The normalized spacial score (nSPS) is 11.4. The number of sulfonamides is 1. The summed E-state index contributed by atoms with van der Waals surface area (Å²) < 4.78 is 26.1. The van der Waals surface area contributed by atoms with Crippen molar-refractivity contribution in [2.45, 2.75) is 17.6 Å². The summed E-state index contributed by atoms with van der Waals surface area (Å²) in [6.45, 7) is 1.86. The maximum Gasteiger partial charge on any atom is 0.275 e. The molecule has 21 heavy (non-hydrogen) atoms. The molecule has 1 N–H and O–H groups in total. The molecule has 0 saturated heterocycles. The third kappa shape index (κ3) is 3.74. The summed E-state index contributed by atoms with van der Waals surface area (Å²) in [6, 6.07) is 4.18. The lowest BCUT2D eigenvalue weighted by Crippen LogP contribution is -2.30. The van der Waals surface area contributed by atoms with E-state index in [4.69, 9.17) is 23.2 Å². The molecule has 2 rings (SSSR count). The number of amides is 1. The van der Waals surface area contributed by atoms with Crippen LogP contribution in [-0.4, -0.2) is 19.3 Å². The number of benzene rings is 1. The number of carbonyl (C=O) groups excluding carboxylic acids is 1. The number of hydrogen-bond donors (Lipinski definition) is 1. The monoisotopic (exact) mass is 364 g/mol. The molecule has 5 nitrogen and oxygen atoms in total. The van der Waals surface area contributed by atoms with Crippen LogP contribution in [0.2, 0.25) is 10.0 Å². The summed E-state index contributed by atoms with van der Waals surface area (Å²) in [5.74, 6) is -0.817. The molecule has 1 amide bonds. The Kier molecular flexibility index (Phi) is 4.88. The Hall–Kier alpha value is -1.15. The molecule has 112 valence electrons. The van der Waals surface area contributed by atoms with Crippen molar-refractivity contribution in [3.8, 4) is 0 Å². The average Bonchev–Trinajstić information content (AvgIpc) is 2.87. The molecule has 0 radical (unpaired) electrons. The molecular formula is C12H10Cl2N2O3S2. The second kappa shape index (κ2) is 6.31. The quantitative estimate of drug-likeness (QED) is 0.903. The molecule has 0 unspecified atom stereocenters. The molecule has 0 aliphatic carbocycles. The first kappa shape index (κ1) is 16.2. The van der Waals surface area contributed by atoms with E-state index in [0.717, 1.165) is 11.3 Å². The summed E-state index contributed by atoms with van der Waals surface area (Å²) >= 11 is 12.6. The van der Waals surface area contributed by atoms with Gasteiger partial charge >= 0.3 is 0 Å². The van der Waals surface area contributed by atoms with Gasteiger partial charge in [-0.3, -0.25) is 4.79 Å². The number of thiazole rings is 1. The summed E-state index contributed by atoms with van der Waals surface area (Å²) in [5, 5.41) is 1.11. The van der Waals surface area contributed by atoms with Crippen LogP contribution in [0.1, 0.15) is 22.3 Å². The zero-order chi connectivity index (χ0) is 15.6. The van der Waals surface area contributed by atoms with Gasteiger partial charge in [-0.2, -0.15) is 0 Å². The van der Waals surface area contributed by atoms with Crippen LogP contribution in [0.25, 0.3) is 0 Å². The van der Waals surface area contributed by atoms with Gasteiger partial charge in [0.05, 0.1) is 21.8 Å². The molecule has 0 saturated carbocycles. The van der Waals surface area contributed by atoms with Crippen molar-refractivity contribution < 1.29 is 13.2 Å². The molecular weight excluding hydrogens is 355 g/mol. The predicted molar refractivity (Wildman–Crippen MR) is 82.6 cm³/mol. The van der Waals surface area contributed by atoms with Gasteiger partial charge in [-0.25, -0.2) is 18.1 Å². The summed E-state index contributed by atoms with van der Waals surface area (Å²) in [4.78, 5) is 16.0. The lowest BCUT2D eigenvalue weighted by Gasteiger charge is -2.06. The zero-order valence-corrected chi connectivity index (χ0v) is 13.9. The average molecular weight is 365 g/mol. The number of aromatic nitrogens is 1. The topological polar surface area (TPSA) is 76.1 Å². The van der Waals surface area contributed by atoms with Crippen molar-refractivity contribution in [1.29, 1.82) is 0 Å². The van der Waals surface area contributed by atoms with Gasteiger partial charge in [0.2, 0.25) is 0 Å². The van der Waals surface area contributed by atoms with Crippen LogP contribution >= 0.6 is 34.5 Å². The molecule has 0 aliphatic rings. The van der Waals surface area contributed by atoms with Gasteiger partial charge in [-0.1, -0.05) is 30.1 Å². The van der Waals surface area contributed by atoms with Crippen molar-refractivity contribution in [2.24, 2.45) is 0 Å². The number of nitrogens with one attached hydrogen (secondary N) is 1. The zero-order valence-electron chi connectivity index (χ0n) is 10.8. The van der Waals surface area contributed by atoms with Crippen LogP contribution in [0, 0.1) is 0 Å². The van der Waals surface area contributed by atoms with E-state index in [1.165, 1.54) is 24.4 Å². The van der Waals surface area contributed by atoms with Crippen molar-refractivity contribution in [3.05, 3.63) is 45.0 Å². The molecule has 1 aromatic heterocycles. The Morgan fingerprint density at radius 3 is 2.67 bits per heavy atom. The lowest BCUT2D eigenvalue weighted by molar-refractivity contribution is 0.0981. The highest BCUT2D eigenvalue weighted by atomic mass is 35.5. The summed E-state index contributed by atoms with van der Waals surface area (Å²) in [5.41, 5.74) is 0.0323. The summed E-state index contributed by atoms with van der Waals surface area (Å²) in [6.07, 6.45) is 1.85. The molecule has 2 aromatic rings. The minimum Gasteiger partial charge on any atom is -0.268 e. The maximum absolute atomic E-state index is 12.1. The van der Waals surface area contributed by atoms with Crippen LogP contribution in [0.5, 0.6) is 0 Å². The minimum atomic E-state index is -3.96. The van der Waals surface area contributed by atoms with E-state index in [1.54, 1.807) is 0 Å². The molecule has 0 bridgehead atoms. The third-order valence-corrected chi connectivity index (χ3v) is 5.98. The minimum absolute atomic E-state index is 0.0159. The van der Waals surface area contributed by atoms with Gasteiger partial charge in [0.15, 0.2) is 4.21 Å². The molecule has 0 aliphatic heterocycles. The van der Waals surface area contributed by atoms with Crippen LogP contribution in [0.4, 0.5) is 0 Å². The maximum atomic E-state index is 12.1. The second-order valence-corrected chi connectivity index (χ2v) is 7.85. The van der Waals surface area contributed by atoms with Crippen LogP contribution < -0.4 is 4.72 Å². The smallest absolute Gasteiger partial charge is 0.268 e. The second-order valence-electron chi connectivity index (χ2n) is 3.99. The standard InChI is InChI=1S/C12H10Cl2N2O3S2/c1-2-10-15-6-11(20-10)21(18,19)16-12(17)8-4-3-7(13)5-9(8)14/h3-6H,2H2,1H3,(H,16,17). The highest BCUT2D eigenvalue weighted by Gasteiger charge is 2.22. The number of nitrogens with zero attached hydrogens (tertiary/aromatic N) is 1. The van der Waals surface area contributed by atoms with Gasteiger partial charge in [-0.15, -0.1) is 11.3 Å². The molecule has 9 heteroatoms. The predicted octanol–water partition coefficient (Wildman–Crippen LogP) is 3.13. The molecule has 0 fully saturated rings. The van der Waals surface area contributed by atoms with Gasteiger partial charge in [0.25, 0.3) is 15.9 Å². The van der Waals surface area contributed by atoms with E-state index in [9.17, 15) is 13.2 Å². The first-order chi connectivity index (χ1) is 9.83. The van der Waals surface area contributed by atoms with Crippen molar-refractivity contribution in [1.82, 2.24) is 9.71 Å². The Morgan fingerprint density at radius 1 is 1.38 bits per heavy atom. The van der Waals surface area contributed by atoms with Crippen LogP contribution in [-0.2, 0) is 16.4 Å². The third-order valence-electron chi connectivity index (χ3n) is 2.50. The van der Waals surface area contributed by atoms with Gasteiger partial charge < -0.3 is 0 Å². The lowest BCUT2D eigenvalue weighted by atomic mass is 10.2. The Morgan fingerprint density at radius 2 is 2.10 bits per heavy atom. The van der Waals surface area contributed by atoms with E-state index in [1.807, 2.05) is 11.6 Å². The molecule has 0 atom stereocenters. The van der Waals surface area contributed by atoms with E-state index < -0.39 is 15.9 Å². The van der Waals surface area contributed by atoms with Gasteiger partial charge in [-0.05, 0) is 24.6 Å². The number of carbonyl (C=O) groups is 1. The van der Waals surface area contributed by atoms with Crippen molar-refractivity contribution in [3.63, 3.8) is 0 Å². The SMILES string of the molecule is CCc1ncc(S(=O)(=O)NC(=O)c2ccc(Cl)cc2Cl)s1. The van der Waals surface area contributed by atoms with Crippen LogP contribution in [0.15, 0.2) is 28.6 Å². The fourth-order valence-electron chi connectivity index (χ4n) is 1.48. The molecule has 1 aromatic carbocycles. The van der Waals surface area contributed by atoms with E-state index in [-0.39, 0.29) is 14.8 Å². The number of rotatable bonds is 4.